The van der Waals surface area contributed by atoms with Crippen LogP contribution in [0, 0.1) is 0 Å². The molecule has 1 heterocycles. The quantitative estimate of drug-likeness (QED) is 0.860. The Labute approximate surface area is 123 Å². The van der Waals surface area contributed by atoms with Gasteiger partial charge in [0.25, 0.3) is 10.2 Å². The first-order valence-corrected chi connectivity index (χ1v) is 9.27. The summed E-state index contributed by atoms with van der Waals surface area (Å²) in [6.45, 7) is 2.23. The molecule has 1 aliphatic heterocycles. The molecule has 0 aromatic heterocycles. The van der Waals surface area contributed by atoms with Crippen molar-refractivity contribution >= 4 is 10.2 Å². The normalized spacial score (nSPS) is 28.7. The van der Waals surface area contributed by atoms with E-state index in [0.29, 0.717) is 6.54 Å². The Kier molecular flexibility index (Phi) is 5.45. The number of rotatable bonds is 4. The molecular weight excluding hydrogens is 276 g/mol. The van der Waals surface area contributed by atoms with Gasteiger partial charge in [0.15, 0.2) is 0 Å². The van der Waals surface area contributed by atoms with Crippen molar-refractivity contribution in [2.24, 2.45) is 0 Å². The number of hydrogen-bond donors (Lipinski definition) is 1. The fraction of sp³-hybridized carbons (Fsp3) is 1.00. The number of aliphatic hydroxyl groups excluding tert-OH is 1. The Morgan fingerprint density at radius 1 is 1.10 bits per heavy atom. The van der Waals surface area contributed by atoms with E-state index in [-0.39, 0.29) is 12.1 Å². The van der Waals surface area contributed by atoms with Gasteiger partial charge in [-0.15, -0.1) is 0 Å². The second-order valence-corrected chi connectivity index (χ2v) is 8.17. The highest BCUT2D eigenvalue weighted by Crippen LogP contribution is 2.29. The Bertz CT molecular complexity index is 405. The lowest BCUT2D eigenvalue weighted by Crippen LogP contribution is -2.55. The third kappa shape index (κ3) is 3.35. The van der Waals surface area contributed by atoms with E-state index < -0.39 is 16.3 Å². The molecule has 2 atom stereocenters. The average molecular weight is 304 g/mol. The molecule has 20 heavy (non-hydrogen) atoms. The van der Waals surface area contributed by atoms with Crippen molar-refractivity contribution in [2.75, 3.05) is 13.6 Å². The lowest BCUT2D eigenvalue weighted by Gasteiger charge is -2.41. The molecule has 1 saturated carbocycles. The minimum absolute atomic E-state index is 0.130. The smallest absolute Gasteiger partial charge is 0.282 e. The highest BCUT2D eigenvalue weighted by atomic mass is 32.2. The van der Waals surface area contributed by atoms with Crippen molar-refractivity contribution < 1.29 is 13.5 Å². The zero-order chi connectivity index (χ0) is 14.8. The van der Waals surface area contributed by atoms with Gasteiger partial charge in [-0.3, -0.25) is 0 Å². The van der Waals surface area contributed by atoms with Crippen LogP contribution in [0.25, 0.3) is 0 Å². The summed E-state index contributed by atoms with van der Waals surface area (Å²) in [7, 11) is -1.74. The van der Waals surface area contributed by atoms with Gasteiger partial charge < -0.3 is 5.11 Å². The summed E-state index contributed by atoms with van der Waals surface area (Å²) >= 11 is 0. The number of hydrogen-bond acceptors (Lipinski definition) is 3. The monoisotopic (exact) mass is 304 g/mol. The Hall–Kier alpha value is -0.170. The second-order valence-electron chi connectivity index (χ2n) is 6.23. The molecule has 118 valence electrons. The van der Waals surface area contributed by atoms with Crippen LogP contribution in [0.2, 0.25) is 0 Å². The van der Waals surface area contributed by atoms with Crippen LogP contribution in [0.5, 0.6) is 0 Å². The molecule has 2 unspecified atom stereocenters. The van der Waals surface area contributed by atoms with Crippen molar-refractivity contribution in [2.45, 2.75) is 76.5 Å². The average Bonchev–Trinajstić information content (AvgIpc) is 2.47. The van der Waals surface area contributed by atoms with Crippen LogP contribution in [0.15, 0.2) is 0 Å². The summed E-state index contributed by atoms with van der Waals surface area (Å²) in [4.78, 5) is 0. The molecule has 1 aliphatic carbocycles. The van der Waals surface area contributed by atoms with E-state index in [1.54, 1.807) is 18.3 Å². The molecule has 2 fully saturated rings. The zero-order valence-electron chi connectivity index (χ0n) is 12.7. The largest absolute Gasteiger partial charge is 0.392 e. The van der Waals surface area contributed by atoms with E-state index in [1.165, 1.54) is 10.7 Å². The van der Waals surface area contributed by atoms with Crippen LogP contribution in [0.1, 0.15) is 58.3 Å². The molecule has 0 spiro atoms. The van der Waals surface area contributed by atoms with Gasteiger partial charge in [-0.1, -0.05) is 25.7 Å². The van der Waals surface area contributed by atoms with Crippen LogP contribution in [-0.4, -0.2) is 53.9 Å². The Balaban J connectivity index is 2.14. The fourth-order valence-electron chi connectivity index (χ4n) is 3.50. The van der Waals surface area contributed by atoms with Gasteiger partial charge in [-0.2, -0.15) is 17.0 Å². The third-order valence-corrected chi connectivity index (χ3v) is 6.88. The van der Waals surface area contributed by atoms with E-state index in [1.807, 2.05) is 0 Å². The molecule has 0 amide bonds. The third-order valence-electron chi connectivity index (χ3n) is 4.80. The molecule has 1 saturated heterocycles. The fourth-order valence-corrected chi connectivity index (χ4v) is 5.40. The first-order valence-electron chi connectivity index (χ1n) is 7.87. The van der Waals surface area contributed by atoms with Gasteiger partial charge >= 0.3 is 0 Å². The van der Waals surface area contributed by atoms with Crippen LogP contribution in [-0.2, 0) is 10.2 Å². The van der Waals surface area contributed by atoms with Crippen molar-refractivity contribution in [1.29, 1.82) is 0 Å². The van der Waals surface area contributed by atoms with E-state index >= 15 is 0 Å². The van der Waals surface area contributed by atoms with E-state index in [0.717, 1.165) is 44.9 Å². The molecule has 2 rings (SSSR count). The molecule has 0 bridgehead atoms. The molecule has 0 aromatic carbocycles. The number of piperidine rings is 1. The summed E-state index contributed by atoms with van der Waals surface area (Å²) in [6.07, 6.45) is 7.40. The van der Waals surface area contributed by atoms with Gasteiger partial charge in [0.05, 0.1) is 12.1 Å². The van der Waals surface area contributed by atoms with E-state index in [4.69, 9.17) is 0 Å². The summed E-state index contributed by atoms with van der Waals surface area (Å²) in [6, 6.07) is -0.134. The van der Waals surface area contributed by atoms with Gasteiger partial charge in [0.2, 0.25) is 0 Å². The van der Waals surface area contributed by atoms with E-state index in [9.17, 15) is 13.5 Å². The highest BCUT2D eigenvalue weighted by molar-refractivity contribution is 7.86. The minimum Gasteiger partial charge on any atom is -0.392 e. The van der Waals surface area contributed by atoms with Crippen LogP contribution in [0.3, 0.4) is 0 Å². The molecule has 2 aliphatic rings. The maximum Gasteiger partial charge on any atom is 0.282 e. The lowest BCUT2D eigenvalue weighted by atomic mass is 9.96. The SMILES string of the molecule is CC(O)C1CCCCN1S(=O)(=O)N(C)C1CCCCC1. The zero-order valence-corrected chi connectivity index (χ0v) is 13.5. The maximum absolute atomic E-state index is 12.8. The Morgan fingerprint density at radius 2 is 1.70 bits per heavy atom. The lowest BCUT2D eigenvalue weighted by molar-refractivity contribution is 0.0780. The van der Waals surface area contributed by atoms with Crippen molar-refractivity contribution in [3.63, 3.8) is 0 Å². The van der Waals surface area contributed by atoms with Crippen molar-refractivity contribution in [1.82, 2.24) is 8.61 Å². The molecule has 0 aromatic rings. The molecule has 1 N–H and O–H groups in total. The van der Waals surface area contributed by atoms with E-state index in [2.05, 4.69) is 0 Å². The van der Waals surface area contributed by atoms with Crippen molar-refractivity contribution in [3.8, 4) is 0 Å². The highest BCUT2D eigenvalue weighted by Gasteiger charge is 2.39. The molecular formula is C14H28N2O3S. The van der Waals surface area contributed by atoms with Gasteiger partial charge in [-0.25, -0.2) is 0 Å². The van der Waals surface area contributed by atoms with Gasteiger partial charge in [0, 0.05) is 19.6 Å². The van der Waals surface area contributed by atoms with Gasteiger partial charge in [0.1, 0.15) is 0 Å². The second kappa shape index (κ2) is 6.73. The first-order chi connectivity index (χ1) is 9.44. The van der Waals surface area contributed by atoms with Gasteiger partial charge in [-0.05, 0) is 32.6 Å². The van der Waals surface area contributed by atoms with Crippen molar-refractivity contribution in [3.05, 3.63) is 0 Å². The maximum atomic E-state index is 12.8. The first kappa shape index (κ1) is 16.2. The number of aliphatic hydroxyl groups is 1. The molecule has 6 heteroatoms. The van der Waals surface area contributed by atoms with Crippen LogP contribution in [0.4, 0.5) is 0 Å². The predicted octanol–water partition coefficient (Wildman–Crippen LogP) is 1.73. The summed E-state index contributed by atoms with van der Waals surface area (Å²) in [5.41, 5.74) is 0. The minimum atomic E-state index is -3.45. The Morgan fingerprint density at radius 3 is 2.30 bits per heavy atom. The predicted molar refractivity (Wildman–Crippen MR) is 79.6 cm³/mol. The molecule has 5 nitrogen and oxygen atoms in total. The summed E-state index contributed by atoms with van der Waals surface area (Å²) in [5.74, 6) is 0. The summed E-state index contributed by atoms with van der Waals surface area (Å²) in [5, 5.41) is 9.88. The van der Waals surface area contributed by atoms with Crippen LogP contribution < -0.4 is 0 Å². The molecule has 0 radical (unpaired) electrons. The number of nitrogens with zero attached hydrogens (tertiary/aromatic N) is 2. The summed E-state index contributed by atoms with van der Waals surface area (Å²) < 4.78 is 28.8. The van der Waals surface area contributed by atoms with Crippen LogP contribution >= 0.6 is 0 Å². The topological polar surface area (TPSA) is 60.9 Å². The standard InChI is InChI=1S/C14H28N2O3S/c1-12(17)14-10-6-7-11-16(14)20(18,19)15(2)13-8-4-3-5-9-13/h12-14,17H,3-11H2,1-2H3.